The first kappa shape index (κ1) is 24.0. The lowest BCUT2D eigenvalue weighted by molar-refractivity contribution is -0.127. The number of carbonyl (C=O) groups excluding carboxylic acids is 1. The van der Waals surface area contributed by atoms with Crippen LogP contribution in [0, 0.1) is 19.8 Å². The number of hydrogen-bond acceptors (Lipinski definition) is 4. The number of hydrogen-bond donors (Lipinski definition) is 1. The van der Waals surface area contributed by atoms with Gasteiger partial charge in [-0.3, -0.25) is 9.69 Å². The van der Waals surface area contributed by atoms with E-state index in [1.807, 2.05) is 19.9 Å². The van der Waals surface area contributed by atoms with Crippen molar-refractivity contribution < 1.29 is 13.2 Å². The Bertz CT molecular complexity index is 906. The zero-order valence-corrected chi connectivity index (χ0v) is 20.2. The Labute approximate surface area is 187 Å². The van der Waals surface area contributed by atoms with Gasteiger partial charge in [0, 0.05) is 44.7 Å². The summed E-state index contributed by atoms with van der Waals surface area (Å²) in [6.45, 7) is 11.9. The second-order valence-corrected chi connectivity index (χ2v) is 11.2. The standard InChI is InChI=1S/C24H37N3O3S/c1-18(2)7-12-26-13-10-22(11-14-26)25-24(28)21-8-15-27(16-9-21)31(29,30)23-6-5-19(3)20(4)17-23/h5-7,17,21-22H,8-16H2,1-4H3,(H,25,28). The van der Waals surface area contributed by atoms with Crippen LogP contribution in [0.15, 0.2) is 34.7 Å². The van der Waals surface area contributed by atoms with Crippen LogP contribution in [0.4, 0.5) is 0 Å². The number of rotatable bonds is 6. The number of likely N-dealkylation sites (tertiary alicyclic amines) is 1. The third kappa shape index (κ3) is 6.18. The van der Waals surface area contributed by atoms with Crippen molar-refractivity contribution in [1.29, 1.82) is 0 Å². The molecule has 2 aliphatic heterocycles. The average molecular weight is 448 g/mol. The molecule has 6 nitrogen and oxygen atoms in total. The number of carbonyl (C=O) groups is 1. The average Bonchev–Trinajstić information content (AvgIpc) is 2.75. The minimum Gasteiger partial charge on any atom is -0.353 e. The molecule has 2 aliphatic rings. The lowest BCUT2D eigenvalue weighted by Gasteiger charge is -2.34. The van der Waals surface area contributed by atoms with Gasteiger partial charge in [-0.1, -0.05) is 17.7 Å². The molecule has 2 fully saturated rings. The highest BCUT2D eigenvalue weighted by atomic mass is 32.2. The fraction of sp³-hybridized carbons (Fsp3) is 0.625. The maximum Gasteiger partial charge on any atom is 0.243 e. The largest absolute Gasteiger partial charge is 0.353 e. The molecule has 3 rings (SSSR count). The maximum atomic E-state index is 13.0. The topological polar surface area (TPSA) is 69.7 Å². The monoisotopic (exact) mass is 447 g/mol. The molecule has 0 aromatic heterocycles. The number of benzene rings is 1. The molecule has 2 saturated heterocycles. The number of nitrogens with one attached hydrogen (secondary N) is 1. The summed E-state index contributed by atoms with van der Waals surface area (Å²) in [6.07, 6.45) is 5.36. The Morgan fingerprint density at radius 2 is 1.68 bits per heavy atom. The van der Waals surface area contributed by atoms with E-state index < -0.39 is 10.0 Å². The van der Waals surface area contributed by atoms with Crippen LogP contribution < -0.4 is 5.32 Å². The van der Waals surface area contributed by atoms with E-state index in [-0.39, 0.29) is 17.9 Å². The molecular weight excluding hydrogens is 410 g/mol. The molecule has 0 radical (unpaired) electrons. The summed E-state index contributed by atoms with van der Waals surface area (Å²) in [6, 6.07) is 5.51. The normalized spacial score (nSPS) is 19.9. The molecule has 1 amide bonds. The lowest BCUT2D eigenvalue weighted by Crippen LogP contribution is -2.48. The molecule has 1 N–H and O–H groups in total. The molecule has 7 heteroatoms. The van der Waals surface area contributed by atoms with E-state index >= 15 is 0 Å². The minimum absolute atomic E-state index is 0.0889. The van der Waals surface area contributed by atoms with Crippen molar-refractivity contribution >= 4 is 15.9 Å². The molecule has 0 spiro atoms. The van der Waals surface area contributed by atoms with Gasteiger partial charge in [-0.2, -0.15) is 4.31 Å². The molecule has 2 heterocycles. The minimum atomic E-state index is -3.50. The SMILES string of the molecule is CC(C)=CCN1CCC(NC(=O)C2CCN(S(=O)(=O)c3ccc(C)c(C)c3)CC2)CC1. The van der Waals surface area contributed by atoms with E-state index in [0.29, 0.717) is 30.8 Å². The molecule has 31 heavy (non-hydrogen) atoms. The number of sulfonamides is 1. The van der Waals surface area contributed by atoms with Gasteiger partial charge in [-0.25, -0.2) is 8.42 Å². The van der Waals surface area contributed by atoms with Crippen LogP contribution in [0.1, 0.15) is 50.7 Å². The summed E-state index contributed by atoms with van der Waals surface area (Å²) in [4.78, 5) is 15.5. The first-order chi connectivity index (χ1) is 14.7. The smallest absolute Gasteiger partial charge is 0.243 e. The lowest BCUT2D eigenvalue weighted by atomic mass is 9.96. The zero-order chi connectivity index (χ0) is 22.6. The van der Waals surface area contributed by atoms with Crippen LogP contribution in [-0.2, 0) is 14.8 Å². The molecule has 0 aliphatic carbocycles. The third-order valence-corrected chi connectivity index (χ3v) is 8.53. The molecule has 172 valence electrons. The van der Waals surface area contributed by atoms with Gasteiger partial charge in [0.1, 0.15) is 0 Å². The van der Waals surface area contributed by atoms with Gasteiger partial charge in [0.15, 0.2) is 0 Å². The molecule has 1 aromatic carbocycles. The molecule has 0 saturated carbocycles. The Kier molecular flexibility index (Phi) is 7.94. The Morgan fingerprint density at radius 3 is 2.26 bits per heavy atom. The molecule has 0 unspecified atom stereocenters. The summed E-state index contributed by atoms with van der Waals surface area (Å²) in [5, 5.41) is 3.22. The van der Waals surface area contributed by atoms with Gasteiger partial charge in [0.2, 0.25) is 15.9 Å². The van der Waals surface area contributed by atoms with Gasteiger partial charge in [-0.15, -0.1) is 0 Å². The zero-order valence-electron chi connectivity index (χ0n) is 19.4. The summed E-state index contributed by atoms with van der Waals surface area (Å²) < 4.78 is 27.5. The molecule has 0 bridgehead atoms. The summed E-state index contributed by atoms with van der Waals surface area (Å²) in [7, 11) is -3.50. The third-order valence-electron chi connectivity index (χ3n) is 6.63. The van der Waals surface area contributed by atoms with Crippen molar-refractivity contribution in [2.45, 2.75) is 64.3 Å². The van der Waals surface area contributed by atoms with Crippen LogP contribution in [0.5, 0.6) is 0 Å². The predicted octanol–water partition coefficient (Wildman–Crippen LogP) is 3.25. The molecule has 1 aromatic rings. The number of nitrogens with zero attached hydrogens (tertiary/aromatic N) is 2. The van der Waals surface area contributed by atoms with Crippen molar-refractivity contribution in [3.05, 3.63) is 41.0 Å². The predicted molar refractivity (Wildman–Crippen MR) is 124 cm³/mol. The van der Waals surface area contributed by atoms with E-state index in [9.17, 15) is 13.2 Å². The van der Waals surface area contributed by atoms with Crippen LogP contribution in [-0.4, -0.2) is 62.3 Å². The first-order valence-corrected chi connectivity index (χ1v) is 12.8. The fourth-order valence-corrected chi connectivity index (χ4v) is 5.83. The Morgan fingerprint density at radius 1 is 1.03 bits per heavy atom. The van der Waals surface area contributed by atoms with Crippen molar-refractivity contribution in [2.24, 2.45) is 5.92 Å². The van der Waals surface area contributed by atoms with E-state index in [4.69, 9.17) is 0 Å². The van der Waals surface area contributed by atoms with Crippen molar-refractivity contribution in [1.82, 2.24) is 14.5 Å². The van der Waals surface area contributed by atoms with Crippen LogP contribution in [0.3, 0.4) is 0 Å². The first-order valence-electron chi connectivity index (χ1n) is 11.4. The van der Waals surface area contributed by atoms with Gasteiger partial charge in [0.25, 0.3) is 0 Å². The van der Waals surface area contributed by atoms with Gasteiger partial charge in [0.05, 0.1) is 4.90 Å². The Balaban J connectivity index is 1.48. The highest BCUT2D eigenvalue weighted by molar-refractivity contribution is 7.89. The second-order valence-electron chi connectivity index (χ2n) is 9.29. The van der Waals surface area contributed by atoms with Gasteiger partial charge < -0.3 is 5.32 Å². The van der Waals surface area contributed by atoms with Crippen LogP contribution >= 0.6 is 0 Å². The van der Waals surface area contributed by atoms with E-state index in [1.54, 1.807) is 12.1 Å². The van der Waals surface area contributed by atoms with E-state index in [1.165, 1.54) is 9.88 Å². The summed E-state index contributed by atoms with van der Waals surface area (Å²) in [5.41, 5.74) is 3.39. The maximum absolute atomic E-state index is 13.0. The number of aryl methyl sites for hydroxylation is 2. The Hall–Kier alpha value is -1.70. The van der Waals surface area contributed by atoms with E-state index in [2.05, 4.69) is 30.1 Å². The fourth-order valence-electron chi connectivity index (χ4n) is 4.27. The van der Waals surface area contributed by atoms with Crippen LogP contribution in [0.2, 0.25) is 0 Å². The van der Waals surface area contributed by atoms with Crippen molar-refractivity contribution in [2.75, 3.05) is 32.7 Å². The number of amides is 1. The number of allylic oxidation sites excluding steroid dienone is 1. The molecule has 0 atom stereocenters. The number of piperidine rings is 2. The second kappa shape index (κ2) is 10.3. The van der Waals surface area contributed by atoms with E-state index in [0.717, 1.165) is 43.6 Å². The summed E-state index contributed by atoms with van der Waals surface area (Å²) >= 11 is 0. The quantitative estimate of drug-likeness (QED) is 0.680. The van der Waals surface area contributed by atoms with Gasteiger partial charge in [-0.05, 0) is 76.6 Å². The highest BCUT2D eigenvalue weighted by Gasteiger charge is 2.33. The molecular formula is C24H37N3O3S. The summed E-state index contributed by atoms with van der Waals surface area (Å²) in [5.74, 6) is -0.0131. The van der Waals surface area contributed by atoms with Gasteiger partial charge >= 0.3 is 0 Å². The van der Waals surface area contributed by atoms with Crippen LogP contribution in [0.25, 0.3) is 0 Å². The van der Waals surface area contributed by atoms with Crippen molar-refractivity contribution in [3.8, 4) is 0 Å². The van der Waals surface area contributed by atoms with Crippen molar-refractivity contribution in [3.63, 3.8) is 0 Å². The highest BCUT2D eigenvalue weighted by Crippen LogP contribution is 2.25.